The number of nitrogens with zero attached hydrogens (tertiary/aromatic N) is 2. The van der Waals surface area contributed by atoms with Crippen LogP contribution >= 0.6 is 0 Å². The highest BCUT2D eigenvalue weighted by Crippen LogP contribution is 2.14. The second-order valence-corrected chi connectivity index (χ2v) is 2.91. The van der Waals surface area contributed by atoms with Gasteiger partial charge < -0.3 is 4.42 Å². The number of oxazole rings is 1. The molecule has 0 fully saturated rings. The number of nitriles is 1. The summed E-state index contributed by atoms with van der Waals surface area (Å²) in [5.41, 5.74) is 1.73. The number of rotatable bonds is 1. The van der Waals surface area contributed by atoms with Crippen LogP contribution in [0, 0.1) is 11.3 Å². The molecular weight excluding hydrogens is 180 g/mol. The van der Waals surface area contributed by atoms with Gasteiger partial charge in [0.1, 0.15) is 0 Å². The second-order valence-electron chi connectivity index (χ2n) is 2.91. The monoisotopic (exact) mass is 188 g/mol. The lowest BCUT2D eigenvalue weighted by Gasteiger charge is -1.95. The fraction of sp³-hybridized carbons (Fsp3) is 0.200. The zero-order chi connectivity index (χ0) is 10.1. The van der Waals surface area contributed by atoms with E-state index in [2.05, 4.69) is 0 Å². The van der Waals surface area contributed by atoms with Crippen molar-refractivity contribution >= 4 is 11.1 Å². The quantitative estimate of drug-likeness (QED) is 0.681. The van der Waals surface area contributed by atoms with E-state index < -0.39 is 0 Å². The first kappa shape index (κ1) is 8.57. The first-order valence-electron chi connectivity index (χ1n) is 4.29. The maximum Gasteiger partial charge on any atom is 0.419 e. The van der Waals surface area contributed by atoms with E-state index in [1.165, 1.54) is 4.57 Å². The van der Waals surface area contributed by atoms with Gasteiger partial charge in [-0.25, -0.2) is 4.79 Å². The minimum atomic E-state index is -0.377. The molecule has 0 aliphatic carbocycles. The SMILES string of the molecule is CCn1c(=O)oc2ccc(C#N)cc21. The molecule has 4 heteroatoms. The highest BCUT2D eigenvalue weighted by Gasteiger charge is 2.07. The Labute approximate surface area is 80.0 Å². The molecule has 0 aliphatic heterocycles. The van der Waals surface area contributed by atoms with Gasteiger partial charge in [0.15, 0.2) is 5.58 Å². The van der Waals surface area contributed by atoms with Crippen LogP contribution in [0.5, 0.6) is 0 Å². The Morgan fingerprint density at radius 3 is 3.00 bits per heavy atom. The average molecular weight is 188 g/mol. The first-order chi connectivity index (χ1) is 6.76. The number of aromatic nitrogens is 1. The Balaban J connectivity index is 2.86. The Morgan fingerprint density at radius 1 is 1.57 bits per heavy atom. The number of hydrogen-bond donors (Lipinski definition) is 0. The Hall–Kier alpha value is -2.02. The summed E-state index contributed by atoms with van der Waals surface area (Å²) in [5, 5.41) is 8.70. The summed E-state index contributed by atoms with van der Waals surface area (Å²) in [6, 6.07) is 6.95. The highest BCUT2D eigenvalue weighted by atomic mass is 16.4. The summed E-state index contributed by atoms with van der Waals surface area (Å²) < 4.78 is 6.48. The lowest BCUT2D eigenvalue weighted by molar-refractivity contribution is 0.513. The van der Waals surface area contributed by atoms with Crippen LogP contribution in [-0.2, 0) is 6.54 Å². The molecule has 1 aromatic heterocycles. The molecule has 4 nitrogen and oxygen atoms in total. The standard InChI is InChI=1S/C10H8N2O2/c1-2-12-8-5-7(6-11)3-4-9(8)14-10(12)13/h3-5H,2H2,1H3. The fourth-order valence-corrected chi connectivity index (χ4v) is 1.43. The van der Waals surface area contributed by atoms with Gasteiger partial charge in [0, 0.05) is 6.54 Å². The second kappa shape index (κ2) is 3.04. The smallest absolute Gasteiger partial charge is 0.408 e. The van der Waals surface area contributed by atoms with Crippen molar-refractivity contribution in [2.45, 2.75) is 13.5 Å². The number of hydrogen-bond acceptors (Lipinski definition) is 3. The largest absolute Gasteiger partial charge is 0.419 e. The van der Waals surface area contributed by atoms with E-state index in [0.29, 0.717) is 23.2 Å². The maximum atomic E-state index is 11.3. The van der Waals surface area contributed by atoms with E-state index in [9.17, 15) is 4.79 Å². The molecule has 0 unspecified atom stereocenters. The van der Waals surface area contributed by atoms with Crippen LogP contribution in [0.4, 0.5) is 0 Å². The van der Waals surface area contributed by atoms with Crippen LogP contribution in [0.15, 0.2) is 27.4 Å². The van der Waals surface area contributed by atoms with Crippen LogP contribution < -0.4 is 5.76 Å². The summed E-state index contributed by atoms with van der Waals surface area (Å²) in [6.07, 6.45) is 0. The van der Waals surface area contributed by atoms with Crippen LogP contribution in [0.2, 0.25) is 0 Å². The number of aryl methyl sites for hydroxylation is 1. The number of fused-ring (bicyclic) bond motifs is 1. The fourth-order valence-electron chi connectivity index (χ4n) is 1.43. The summed E-state index contributed by atoms with van der Waals surface area (Å²) in [5.74, 6) is -0.377. The Bertz CT molecular complexity index is 572. The van der Waals surface area contributed by atoms with Crippen LogP contribution in [0.1, 0.15) is 12.5 Å². The van der Waals surface area contributed by atoms with E-state index in [1.807, 2.05) is 13.0 Å². The van der Waals surface area contributed by atoms with Gasteiger partial charge >= 0.3 is 5.76 Å². The molecule has 14 heavy (non-hydrogen) atoms. The minimum Gasteiger partial charge on any atom is -0.408 e. The van der Waals surface area contributed by atoms with Gasteiger partial charge in [-0.05, 0) is 25.1 Å². The molecule has 1 aromatic carbocycles. The Kier molecular flexibility index (Phi) is 1.86. The van der Waals surface area contributed by atoms with E-state index in [4.69, 9.17) is 9.68 Å². The molecule has 0 bridgehead atoms. The maximum absolute atomic E-state index is 11.3. The lowest BCUT2D eigenvalue weighted by atomic mass is 10.2. The van der Waals surface area contributed by atoms with Crippen LogP contribution in [0.3, 0.4) is 0 Å². The number of benzene rings is 1. The van der Waals surface area contributed by atoms with Crippen molar-refractivity contribution in [3.05, 3.63) is 34.3 Å². The molecule has 0 aliphatic rings. The van der Waals surface area contributed by atoms with E-state index in [0.717, 1.165) is 0 Å². The molecule has 0 saturated heterocycles. The van der Waals surface area contributed by atoms with Gasteiger partial charge in [-0.3, -0.25) is 4.57 Å². The molecule has 1 heterocycles. The van der Waals surface area contributed by atoms with Gasteiger partial charge in [-0.1, -0.05) is 0 Å². The molecule has 0 spiro atoms. The van der Waals surface area contributed by atoms with Gasteiger partial charge in [-0.15, -0.1) is 0 Å². The van der Waals surface area contributed by atoms with Crippen molar-refractivity contribution in [2.75, 3.05) is 0 Å². The summed E-state index contributed by atoms with van der Waals surface area (Å²) >= 11 is 0. The topological polar surface area (TPSA) is 58.9 Å². The van der Waals surface area contributed by atoms with Crippen molar-refractivity contribution in [3.63, 3.8) is 0 Å². The van der Waals surface area contributed by atoms with Crippen molar-refractivity contribution < 1.29 is 4.42 Å². The zero-order valence-electron chi connectivity index (χ0n) is 7.65. The summed E-state index contributed by atoms with van der Waals surface area (Å²) in [7, 11) is 0. The molecule has 2 aromatic rings. The molecular formula is C10H8N2O2. The van der Waals surface area contributed by atoms with Gasteiger partial charge in [0.2, 0.25) is 0 Å². The minimum absolute atomic E-state index is 0.377. The molecule has 70 valence electrons. The third-order valence-electron chi connectivity index (χ3n) is 2.11. The lowest BCUT2D eigenvalue weighted by Crippen LogP contribution is -2.12. The molecule has 0 atom stereocenters. The van der Waals surface area contributed by atoms with Crippen molar-refractivity contribution in [2.24, 2.45) is 0 Å². The normalized spacial score (nSPS) is 10.3. The predicted octanol–water partition coefficient (Wildman–Crippen LogP) is 1.49. The molecule has 0 radical (unpaired) electrons. The third kappa shape index (κ3) is 1.11. The van der Waals surface area contributed by atoms with Crippen LogP contribution in [0.25, 0.3) is 11.1 Å². The van der Waals surface area contributed by atoms with E-state index in [1.54, 1.807) is 18.2 Å². The van der Waals surface area contributed by atoms with Crippen molar-refractivity contribution in [1.82, 2.24) is 4.57 Å². The Morgan fingerprint density at radius 2 is 2.36 bits per heavy atom. The van der Waals surface area contributed by atoms with E-state index >= 15 is 0 Å². The van der Waals surface area contributed by atoms with E-state index in [-0.39, 0.29) is 5.76 Å². The zero-order valence-corrected chi connectivity index (χ0v) is 7.65. The predicted molar refractivity (Wildman–Crippen MR) is 50.9 cm³/mol. The van der Waals surface area contributed by atoms with Crippen molar-refractivity contribution in [3.8, 4) is 6.07 Å². The van der Waals surface area contributed by atoms with Gasteiger partial charge in [0.25, 0.3) is 0 Å². The summed E-state index contributed by atoms with van der Waals surface area (Å²) in [6.45, 7) is 2.40. The summed E-state index contributed by atoms with van der Waals surface area (Å²) in [4.78, 5) is 11.3. The third-order valence-corrected chi connectivity index (χ3v) is 2.11. The average Bonchev–Trinajstić information content (AvgIpc) is 2.52. The first-order valence-corrected chi connectivity index (χ1v) is 4.29. The van der Waals surface area contributed by atoms with Gasteiger partial charge in [0.05, 0.1) is 17.1 Å². The molecule has 0 saturated carbocycles. The van der Waals surface area contributed by atoms with Crippen LogP contribution in [-0.4, -0.2) is 4.57 Å². The molecule has 0 N–H and O–H groups in total. The molecule has 2 rings (SSSR count). The molecule has 0 amide bonds. The highest BCUT2D eigenvalue weighted by molar-refractivity contribution is 5.74. The van der Waals surface area contributed by atoms with Gasteiger partial charge in [-0.2, -0.15) is 5.26 Å². The van der Waals surface area contributed by atoms with Crippen molar-refractivity contribution in [1.29, 1.82) is 5.26 Å².